The van der Waals surface area contributed by atoms with E-state index in [2.05, 4.69) is 0 Å². The minimum absolute atomic E-state index is 0.0673. The van der Waals surface area contributed by atoms with Crippen LogP contribution in [0.15, 0.2) is 30.5 Å². The predicted molar refractivity (Wildman–Crippen MR) is 89.4 cm³/mol. The summed E-state index contributed by atoms with van der Waals surface area (Å²) in [7, 11) is 5.22. The molecule has 0 unspecified atom stereocenters. The number of hydrogen-bond donors (Lipinski definition) is 0. The van der Waals surface area contributed by atoms with Crippen LogP contribution in [0.4, 0.5) is 0 Å². The summed E-state index contributed by atoms with van der Waals surface area (Å²) in [4.78, 5) is 25.8. The second-order valence-corrected chi connectivity index (χ2v) is 6.50. The Morgan fingerprint density at radius 2 is 1.87 bits per heavy atom. The van der Waals surface area contributed by atoms with Gasteiger partial charge in [-0.25, -0.2) is 0 Å². The second kappa shape index (κ2) is 7.81. The molecule has 1 aromatic rings. The SMILES string of the molecule is COc1ccc(C(=O)C=CN(C)C)cc1COC(=O)C(C)(C)C. The van der Waals surface area contributed by atoms with Crippen LogP contribution in [0.1, 0.15) is 36.7 Å². The molecule has 1 rings (SSSR count). The van der Waals surface area contributed by atoms with Gasteiger partial charge in [-0.3, -0.25) is 9.59 Å². The van der Waals surface area contributed by atoms with Crippen molar-refractivity contribution in [1.82, 2.24) is 4.90 Å². The van der Waals surface area contributed by atoms with Gasteiger partial charge in [0.1, 0.15) is 12.4 Å². The standard InChI is InChI=1S/C18H25NO4/c1-18(2,3)17(21)23-12-14-11-13(7-8-16(14)22-6)15(20)9-10-19(4)5/h7-11H,12H2,1-6H3. The van der Waals surface area contributed by atoms with Crippen molar-refractivity contribution in [2.24, 2.45) is 5.41 Å². The molecule has 0 aromatic heterocycles. The Balaban J connectivity index is 2.95. The Hall–Kier alpha value is -2.30. The van der Waals surface area contributed by atoms with Crippen molar-refractivity contribution in [3.05, 3.63) is 41.6 Å². The summed E-state index contributed by atoms with van der Waals surface area (Å²) < 4.78 is 10.6. The average molecular weight is 319 g/mol. The summed E-state index contributed by atoms with van der Waals surface area (Å²) in [6.07, 6.45) is 3.18. The van der Waals surface area contributed by atoms with Crippen LogP contribution in [-0.2, 0) is 16.1 Å². The molecule has 0 fully saturated rings. The van der Waals surface area contributed by atoms with E-state index in [1.807, 2.05) is 14.1 Å². The van der Waals surface area contributed by atoms with Crippen molar-refractivity contribution in [3.63, 3.8) is 0 Å². The molecule has 1 aromatic carbocycles. The van der Waals surface area contributed by atoms with Gasteiger partial charge in [-0.05, 0) is 39.0 Å². The number of benzene rings is 1. The van der Waals surface area contributed by atoms with Crippen LogP contribution in [0, 0.1) is 5.41 Å². The zero-order chi connectivity index (χ0) is 17.6. The predicted octanol–water partition coefficient (Wildman–Crippen LogP) is 3.04. The molecule has 126 valence electrons. The van der Waals surface area contributed by atoms with Gasteiger partial charge in [-0.2, -0.15) is 0 Å². The van der Waals surface area contributed by atoms with E-state index >= 15 is 0 Å². The molecule has 0 aliphatic carbocycles. The lowest BCUT2D eigenvalue weighted by Crippen LogP contribution is -2.22. The highest BCUT2D eigenvalue weighted by atomic mass is 16.5. The van der Waals surface area contributed by atoms with Crippen LogP contribution >= 0.6 is 0 Å². The minimum atomic E-state index is -0.574. The molecule has 0 bridgehead atoms. The summed E-state index contributed by atoms with van der Waals surface area (Å²) in [5.41, 5.74) is 0.606. The molecule has 0 saturated heterocycles. The molecular weight excluding hydrogens is 294 g/mol. The lowest BCUT2D eigenvalue weighted by molar-refractivity contribution is -0.154. The maximum atomic E-state index is 12.1. The fourth-order valence-corrected chi connectivity index (χ4v) is 1.72. The van der Waals surface area contributed by atoms with E-state index in [9.17, 15) is 9.59 Å². The molecule has 0 aliphatic heterocycles. The minimum Gasteiger partial charge on any atom is -0.496 e. The number of carbonyl (C=O) groups is 2. The molecule has 5 heteroatoms. The summed E-state index contributed by atoms with van der Waals surface area (Å²) in [5, 5.41) is 0. The van der Waals surface area contributed by atoms with Crippen LogP contribution < -0.4 is 4.74 Å². The largest absolute Gasteiger partial charge is 0.496 e. The number of hydrogen-bond acceptors (Lipinski definition) is 5. The van der Waals surface area contributed by atoms with Gasteiger partial charge in [-0.1, -0.05) is 0 Å². The van der Waals surface area contributed by atoms with Gasteiger partial charge in [-0.15, -0.1) is 0 Å². The number of methoxy groups -OCH3 is 1. The highest BCUT2D eigenvalue weighted by molar-refractivity contribution is 6.04. The average Bonchev–Trinajstić information content (AvgIpc) is 2.48. The van der Waals surface area contributed by atoms with Crippen LogP contribution in [0.5, 0.6) is 5.75 Å². The van der Waals surface area contributed by atoms with Gasteiger partial charge in [0, 0.05) is 37.5 Å². The Bertz CT molecular complexity index is 598. The number of ether oxygens (including phenoxy) is 2. The van der Waals surface area contributed by atoms with Crippen LogP contribution in [0.2, 0.25) is 0 Å². The lowest BCUT2D eigenvalue weighted by Gasteiger charge is -2.17. The van der Waals surface area contributed by atoms with Crippen molar-refractivity contribution in [2.45, 2.75) is 27.4 Å². The fourth-order valence-electron chi connectivity index (χ4n) is 1.72. The van der Waals surface area contributed by atoms with Gasteiger partial charge < -0.3 is 14.4 Å². The monoisotopic (exact) mass is 319 g/mol. The highest BCUT2D eigenvalue weighted by Gasteiger charge is 2.23. The molecule has 0 radical (unpaired) electrons. The molecule has 5 nitrogen and oxygen atoms in total. The molecule has 0 N–H and O–H groups in total. The third-order valence-electron chi connectivity index (χ3n) is 3.06. The number of ketones is 1. The van der Waals surface area contributed by atoms with Crippen LogP contribution in [-0.4, -0.2) is 37.9 Å². The van der Waals surface area contributed by atoms with E-state index in [0.29, 0.717) is 16.9 Å². The topological polar surface area (TPSA) is 55.8 Å². The van der Waals surface area contributed by atoms with Gasteiger partial charge in [0.2, 0.25) is 0 Å². The number of rotatable bonds is 6. The summed E-state index contributed by atoms with van der Waals surface area (Å²) >= 11 is 0. The zero-order valence-corrected chi connectivity index (χ0v) is 14.7. The van der Waals surface area contributed by atoms with E-state index in [-0.39, 0.29) is 18.4 Å². The van der Waals surface area contributed by atoms with Crippen molar-refractivity contribution < 1.29 is 19.1 Å². The summed E-state index contributed by atoms with van der Waals surface area (Å²) in [6, 6.07) is 5.09. The van der Waals surface area contributed by atoms with Crippen molar-refractivity contribution >= 4 is 11.8 Å². The Morgan fingerprint density at radius 3 is 2.39 bits per heavy atom. The molecule has 0 amide bonds. The molecule has 0 heterocycles. The van der Waals surface area contributed by atoms with Gasteiger partial charge >= 0.3 is 5.97 Å². The second-order valence-electron chi connectivity index (χ2n) is 6.50. The number of esters is 1. The first-order valence-corrected chi connectivity index (χ1v) is 7.38. The maximum absolute atomic E-state index is 12.1. The van der Waals surface area contributed by atoms with E-state index in [0.717, 1.165) is 0 Å². The first-order valence-electron chi connectivity index (χ1n) is 7.38. The van der Waals surface area contributed by atoms with E-state index < -0.39 is 5.41 Å². The molecular formula is C18H25NO4. The van der Waals surface area contributed by atoms with Crippen LogP contribution in [0.3, 0.4) is 0 Å². The Kier molecular flexibility index (Phi) is 6.37. The van der Waals surface area contributed by atoms with Gasteiger partial charge in [0.25, 0.3) is 0 Å². The van der Waals surface area contributed by atoms with Gasteiger partial charge in [0.15, 0.2) is 5.78 Å². The van der Waals surface area contributed by atoms with Gasteiger partial charge in [0.05, 0.1) is 12.5 Å². The molecule has 0 saturated carbocycles. The third kappa shape index (κ3) is 5.77. The Morgan fingerprint density at radius 1 is 1.22 bits per heavy atom. The molecule has 23 heavy (non-hydrogen) atoms. The number of nitrogens with zero attached hydrogens (tertiary/aromatic N) is 1. The first-order chi connectivity index (χ1) is 10.6. The molecule has 0 atom stereocenters. The first kappa shape index (κ1) is 18.7. The van der Waals surface area contributed by atoms with Crippen molar-refractivity contribution in [3.8, 4) is 5.75 Å². The molecule has 0 spiro atoms. The maximum Gasteiger partial charge on any atom is 0.311 e. The van der Waals surface area contributed by atoms with Crippen molar-refractivity contribution in [1.29, 1.82) is 0 Å². The third-order valence-corrected chi connectivity index (χ3v) is 3.06. The zero-order valence-electron chi connectivity index (χ0n) is 14.7. The normalized spacial score (nSPS) is 11.4. The summed E-state index contributed by atoms with van der Waals surface area (Å²) in [5.74, 6) is 0.161. The smallest absolute Gasteiger partial charge is 0.311 e. The van der Waals surface area contributed by atoms with Crippen molar-refractivity contribution in [2.75, 3.05) is 21.2 Å². The fraction of sp³-hybridized carbons (Fsp3) is 0.444. The van der Waals surface area contributed by atoms with E-state index in [1.54, 1.807) is 50.1 Å². The highest BCUT2D eigenvalue weighted by Crippen LogP contribution is 2.23. The number of carbonyl (C=O) groups excluding carboxylic acids is 2. The Labute approximate surface area is 137 Å². The lowest BCUT2D eigenvalue weighted by atomic mass is 9.97. The number of allylic oxidation sites excluding steroid dienone is 1. The summed E-state index contributed by atoms with van der Waals surface area (Å²) in [6.45, 7) is 5.44. The quantitative estimate of drug-likeness (QED) is 0.458. The van der Waals surface area contributed by atoms with Crippen LogP contribution in [0.25, 0.3) is 0 Å². The van der Waals surface area contributed by atoms with E-state index in [1.165, 1.54) is 13.2 Å². The van der Waals surface area contributed by atoms with E-state index in [4.69, 9.17) is 9.47 Å². The molecule has 0 aliphatic rings.